The van der Waals surface area contributed by atoms with Gasteiger partial charge in [-0.25, -0.2) is 9.78 Å². The molecule has 0 bridgehead atoms. The minimum atomic E-state index is -0.234. The number of imidazole rings is 1. The van der Waals surface area contributed by atoms with E-state index in [9.17, 15) is 9.59 Å². The van der Waals surface area contributed by atoms with Crippen LogP contribution in [-0.4, -0.2) is 38.9 Å². The van der Waals surface area contributed by atoms with E-state index in [2.05, 4.69) is 30.2 Å². The number of fused-ring (bicyclic) bond motifs is 2. The van der Waals surface area contributed by atoms with E-state index in [0.717, 1.165) is 35.1 Å². The molecule has 0 radical (unpaired) electrons. The number of carbonyl (C=O) groups is 1. The number of piperidine rings is 1. The summed E-state index contributed by atoms with van der Waals surface area (Å²) in [7, 11) is 0. The van der Waals surface area contributed by atoms with Gasteiger partial charge in [0.05, 0.1) is 11.0 Å². The number of H-pyrrole nitrogens is 2. The van der Waals surface area contributed by atoms with E-state index < -0.39 is 0 Å². The summed E-state index contributed by atoms with van der Waals surface area (Å²) in [4.78, 5) is 40.4. The Hall–Kier alpha value is -3.62. The van der Waals surface area contributed by atoms with E-state index in [0.29, 0.717) is 36.9 Å². The Bertz CT molecular complexity index is 1280. The molecule has 154 valence electrons. The van der Waals surface area contributed by atoms with Gasteiger partial charge in [0.2, 0.25) is 11.6 Å². The maximum Gasteiger partial charge on any atom is 0.323 e. The van der Waals surface area contributed by atoms with Crippen LogP contribution in [0.5, 0.6) is 0 Å². The van der Waals surface area contributed by atoms with Crippen LogP contribution in [0, 0.1) is 12.8 Å². The Kier molecular flexibility index (Phi) is 4.50. The first-order valence-electron chi connectivity index (χ1n) is 10.0. The van der Waals surface area contributed by atoms with E-state index in [4.69, 9.17) is 4.42 Å². The average Bonchev–Trinajstić information content (AvgIpc) is 3.33. The molecule has 9 nitrogen and oxygen atoms in total. The zero-order chi connectivity index (χ0) is 20.7. The summed E-state index contributed by atoms with van der Waals surface area (Å²) < 4.78 is 5.82. The van der Waals surface area contributed by atoms with Gasteiger partial charge in [0.15, 0.2) is 5.58 Å². The molecule has 1 saturated heterocycles. The molecule has 0 atom stereocenters. The summed E-state index contributed by atoms with van der Waals surface area (Å²) in [5, 5.41) is 3.01. The monoisotopic (exact) mass is 406 g/mol. The Morgan fingerprint density at radius 1 is 1.17 bits per heavy atom. The highest BCUT2D eigenvalue weighted by molar-refractivity contribution is 5.79. The van der Waals surface area contributed by atoms with Gasteiger partial charge in [-0.15, -0.1) is 0 Å². The number of aryl methyl sites for hydroxylation is 1. The number of hydrogen-bond acceptors (Lipinski definition) is 6. The molecule has 0 aliphatic carbocycles. The number of aromatic nitrogens is 4. The van der Waals surface area contributed by atoms with Crippen LogP contribution in [0.25, 0.3) is 22.3 Å². The Morgan fingerprint density at radius 3 is 2.80 bits per heavy atom. The van der Waals surface area contributed by atoms with Crippen LogP contribution in [0.15, 0.2) is 39.5 Å². The van der Waals surface area contributed by atoms with Crippen molar-refractivity contribution in [3.05, 3.63) is 52.1 Å². The maximum atomic E-state index is 12.6. The highest BCUT2D eigenvalue weighted by Gasteiger charge is 2.27. The number of nitrogens with one attached hydrogen (secondary N) is 3. The zero-order valence-electron chi connectivity index (χ0n) is 16.6. The number of carbonyl (C=O) groups excluding carboxylic acids is 1. The predicted octanol–water partition coefficient (Wildman–Crippen LogP) is 2.23. The molecule has 3 N–H and O–H groups in total. The Morgan fingerprint density at radius 2 is 1.97 bits per heavy atom. The van der Waals surface area contributed by atoms with Gasteiger partial charge in [-0.1, -0.05) is 6.07 Å². The largest absolute Gasteiger partial charge is 0.422 e. The van der Waals surface area contributed by atoms with Crippen molar-refractivity contribution in [1.29, 1.82) is 0 Å². The number of pyridine rings is 1. The number of amides is 1. The van der Waals surface area contributed by atoms with Crippen molar-refractivity contribution < 1.29 is 9.21 Å². The van der Waals surface area contributed by atoms with Crippen molar-refractivity contribution in [2.45, 2.75) is 26.3 Å². The van der Waals surface area contributed by atoms with E-state index in [1.54, 1.807) is 0 Å². The number of nitrogens with zero attached hydrogens (tertiary/aromatic N) is 3. The number of anilines is 1. The van der Waals surface area contributed by atoms with Crippen molar-refractivity contribution in [1.82, 2.24) is 25.3 Å². The second kappa shape index (κ2) is 7.33. The van der Waals surface area contributed by atoms with E-state index >= 15 is 0 Å². The van der Waals surface area contributed by atoms with Gasteiger partial charge < -0.3 is 24.6 Å². The summed E-state index contributed by atoms with van der Waals surface area (Å²) in [6, 6.07) is 9.96. The number of benzene rings is 1. The number of rotatable bonds is 4. The summed E-state index contributed by atoms with van der Waals surface area (Å²) in [5.41, 5.74) is 4.40. The van der Waals surface area contributed by atoms with Gasteiger partial charge in [-0.2, -0.15) is 4.98 Å². The van der Waals surface area contributed by atoms with Gasteiger partial charge in [0, 0.05) is 31.2 Å². The molecule has 1 aliphatic rings. The van der Waals surface area contributed by atoms with E-state index in [1.807, 2.05) is 37.3 Å². The Balaban J connectivity index is 1.18. The van der Waals surface area contributed by atoms with Crippen LogP contribution in [0.1, 0.15) is 24.1 Å². The van der Waals surface area contributed by atoms with Crippen molar-refractivity contribution in [3.63, 3.8) is 0 Å². The third kappa shape index (κ3) is 3.54. The highest BCUT2D eigenvalue weighted by Crippen LogP contribution is 2.26. The molecule has 1 aromatic carbocycles. The highest BCUT2D eigenvalue weighted by atomic mass is 16.4. The second-order valence-corrected chi connectivity index (χ2v) is 7.71. The fourth-order valence-electron chi connectivity index (χ4n) is 3.89. The molecule has 4 heterocycles. The lowest BCUT2D eigenvalue weighted by atomic mass is 9.96. The van der Waals surface area contributed by atoms with Gasteiger partial charge >= 0.3 is 5.69 Å². The van der Waals surface area contributed by atoms with Gasteiger partial charge in [-0.05, 0) is 49.6 Å². The lowest BCUT2D eigenvalue weighted by Crippen LogP contribution is -2.40. The molecule has 1 fully saturated rings. The summed E-state index contributed by atoms with van der Waals surface area (Å²) in [6.07, 6.45) is 1.47. The minimum absolute atomic E-state index is 0.0400. The molecule has 0 unspecified atom stereocenters. The molecule has 3 aromatic heterocycles. The lowest BCUT2D eigenvalue weighted by molar-refractivity contribution is -0.125. The lowest BCUT2D eigenvalue weighted by Gasteiger charge is -2.30. The first-order chi connectivity index (χ1) is 14.5. The van der Waals surface area contributed by atoms with Gasteiger partial charge in [-0.3, -0.25) is 4.79 Å². The molecular formula is C21H22N6O3. The van der Waals surface area contributed by atoms with Crippen LogP contribution in [0.3, 0.4) is 0 Å². The summed E-state index contributed by atoms with van der Waals surface area (Å²) in [5.74, 6) is 0.00830. The van der Waals surface area contributed by atoms with Crippen LogP contribution in [0.2, 0.25) is 0 Å². The number of oxazole rings is 1. The predicted molar refractivity (Wildman–Crippen MR) is 112 cm³/mol. The topological polar surface area (TPSA) is 120 Å². The normalized spacial score (nSPS) is 15.2. The first kappa shape index (κ1) is 18.4. The zero-order valence-corrected chi connectivity index (χ0v) is 16.6. The third-order valence-electron chi connectivity index (χ3n) is 5.56. The fourth-order valence-corrected chi connectivity index (χ4v) is 3.89. The van der Waals surface area contributed by atoms with Crippen molar-refractivity contribution in [3.8, 4) is 0 Å². The fraction of sp³-hybridized carbons (Fsp3) is 0.333. The standard InChI is InChI=1S/C21H22N6O3/c1-12-2-5-17-18(23-12)26-21(30-17)27-8-6-14(7-9-27)19(28)22-11-13-3-4-15-16(10-13)25-20(29)24-15/h2-5,10,14H,6-9,11H2,1H3,(H,22,28)(H2,24,25,29). The smallest absolute Gasteiger partial charge is 0.323 e. The SMILES string of the molecule is Cc1ccc2oc(N3CCC(C(=O)NCc4ccc5[nH]c(=O)[nH]c5c4)CC3)nc2n1. The number of hydrogen-bond donors (Lipinski definition) is 3. The van der Waals surface area contributed by atoms with Crippen LogP contribution in [0.4, 0.5) is 6.01 Å². The molecule has 0 spiro atoms. The molecule has 1 aliphatic heterocycles. The first-order valence-corrected chi connectivity index (χ1v) is 10.0. The van der Waals surface area contributed by atoms with Crippen molar-refractivity contribution in [2.24, 2.45) is 5.92 Å². The van der Waals surface area contributed by atoms with E-state index in [1.165, 1.54) is 0 Å². The molecule has 30 heavy (non-hydrogen) atoms. The molecule has 4 aromatic rings. The molecule has 5 rings (SSSR count). The summed E-state index contributed by atoms with van der Waals surface area (Å²) >= 11 is 0. The van der Waals surface area contributed by atoms with Crippen LogP contribution >= 0.6 is 0 Å². The van der Waals surface area contributed by atoms with Crippen LogP contribution in [-0.2, 0) is 11.3 Å². The van der Waals surface area contributed by atoms with Crippen molar-refractivity contribution >= 4 is 34.2 Å². The molecule has 9 heteroatoms. The minimum Gasteiger partial charge on any atom is -0.422 e. The number of aromatic amines is 2. The van der Waals surface area contributed by atoms with Gasteiger partial charge in [0.25, 0.3) is 6.01 Å². The van der Waals surface area contributed by atoms with Crippen molar-refractivity contribution in [2.75, 3.05) is 18.0 Å². The molecular weight excluding hydrogens is 384 g/mol. The van der Waals surface area contributed by atoms with Crippen LogP contribution < -0.4 is 15.9 Å². The molecule has 1 amide bonds. The molecule has 0 saturated carbocycles. The Labute approximate surface area is 171 Å². The maximum absolute atomic E-state index is 12.6. The second-order valence-electron chi connectivity index (χ2n) is 7.71. The average molecular weight is 406 g/mol. The van der Waals surface area contributed by atoms with E-state index in [-0.39, 0.29) is 17.5 Å². The summed E-state index contributed by atoms with van der Waals surface area (Å²) in [6.45, 7) is 3.77. The van der Waals surface area contributed by atoms with Gasteiger partial charge in [0.1, 0.15) is 0 Å². The quantitative estimate of drug-likeness (QED) is 0.478. The third-order valence-corrected chi connectivity index (χ3v) is 5.56.